The van der Waals surface area contributed by atoms with Crippen molar-refractivity contribution in [3.8, 4) is 6.01 Å². The molecule has 0 spiro atoms. The molecule has 3 rings (SSSR count). The summed E-state index contributed by atoms with van der Waals surface area (Å²) in [6.07, 6.45) is 12.8. The number of ether oxygens (including phenoxy) is 1. The zero-order chi connectivity index (χ0) is 17.6. The lowest BCUT2D eigenvalue weighted by Gasteiger charge is -2.33. The summed E-state index contributed by atoms with van der Waals surface area (Å²) in [6, 6.07) is 1.50. The Bertz CT molecular complexity index is 498. The van der Waals surface area contributed by atoms with E-state index in [-0.39, 0.29) is 0 Å². The van der Waals surface area contributed by atoms with Crippen molar-refractivity contribution < 1.29 is 4.74 Å². The van der Waals surface area contributed by atoms with Gasteiger partial charge in [-0.1, -0.05) is 38.5 Å². The van der Waals surface area contributed by atoms with Gasteiger partial charge in [-0.3, -0.25) is 0 Å². The van der Waals surface area contributed by atoms with Crippen molar-refractivity contribution in [1.82, 2.24) is 15.0 Å². The zero-order valence-corrected chi connectivity index (χ0v) is 16.1. The van der Waals surface area contributed by atoms with Crippen LogP contribution in [0, 0.1) is 0 Å². The minimum Gasteiger partial charge on any atom is -0.464 e. The monoisotopic (exact) mass is 347 g/mol. The fraction of sp³-hybridized carbons (Fsp3) is 0.842. The van der Waals surface area contributed by atoms with Gasteiger partial charge in [0.2, 0.25) is 11.9 Å². The number of nitrogens with zero attached hydrogens (tertiary/aromatic N) is 5. The van der Waals surface area contributed by atoms with Gasteiger partial charge in [0, 0.05) is 26.2 Å². The molecular weight excluding hydrogens is 314 g/mol. The van der Waals surface area contributed by atoms with Crippen LogP contribution in [0.4, 0.5) is 11.9 Å². The first-order valence-corrected chi connectivity index (χ1v) is 10.0. The van der Waals surface area contributed by atoms with Crippen molar-refractivity contribution in [3.05, 3.63) is 0 Å². The van der Waals surface area contributed by atoms with Crippen molar-refractivity contribution in [1.29, 1.82) is 0 Å². The van der Waals surface area contributed by atoms with Gasteiger partial charge in [-0.05, 0) is 32.6 Å². The molecule has 0 aromatic carbocycles. The summed E-state index contributed by atoms with van der Waals surface area (Å²) in [5, 5.41) is 0. The summed E-state index contributed by atoms with van der Waals surface area (Å²) in [6.45, 7) is 2.54. The molecule has 0 atom stereocenters. The van der Waals surface area contributed by atoms with Crippen molar-refractivity contribution in [2.75, 3.05) is 30.5 Å². The lowest BCUT2D eigenvalue weighted by Crippen LogP contribution is -2.37. The molecule has 0 saturated heterocycles. The highest BCUT2D eigenvalue weighted by atomic mass is 16.5. The van der Waals surface area contributed by atoms with E-state index in [0.29, 0.717) is 24.7 Å². The van der Waals surface area contributed by atoms with Crippen LogP contribution in [0.1, 0.15) is 71.1 Å². The fourth-order valence-electron chi connectivity index (χ4n) is 4.11. The molecule has 1 heterocycles. The van der Waals surface area contributed by atoms with Crippen molar-refractivity contribution in [3.63, 3.8) is 0 Å². The Labute approximate surface area is 152 Å². The molecular formula is C19H33N5O. The summed E-state index contributed by atoms with van der Waals surface area (Å²) in [5.41, 5.74) is 0. The molecule has 1 aromatic heterocycles. The van der Waals surface area contributed by atoms with E-state index in [4.69, 9.17) is 9.72 Å². The average Bonchev–Trinajstić information content (AvgIpc) is 2.68. The van der Waals surface area contributed by atoms with Crippen LogP contribution < -0.4 is 14.5 Å². The van der Waals surface area contributed by atoms with Gasteiger partial charge < -0.3 is 14.5 Å². The van der Waals surface area contributed by atoms with E-state index < -0.39 is 0 Å². The third-order valence-corrected chi connectivity index (χ3v) is 5.74. The maximum atomic E-state index is 5.65. The molecule has 2 saturated carbocycles. The van der Waals surface area contributed by atoms with Gasteiger partial charge in [0.1, 0.15) is 0 Å². The van der Waals surface area contributed by atoms with E-state index in [2.05, 4.69) is 33.9 Å². The van der Waals surface area contributed by atoms with Gasteiger partial charge in [0.15, 0.2) is 0 Å². The lowest BCUT2D eigenvalue weighted by molar-refractivity contribution is 0.310. The van der Waals surface area contributed by atoms with E-state index in [0.717, 1.165) is 11.9 Å². The molecule has 0 unspecified atom stereocenters. The Hall–Kier alpha value is -1.59. The second kappa shape index (κ2) is 8.68. The first-order valence-electron chi connectivity index (χ1n) is 10.0. The first kappa shape index (κ1) is 18.2. The maximum Gasteiger partial charge on any atom is 0.323 e. The van der Waals surface area contributed by atoms with Crippen LogP contribution in [0.5, 0.6) is 6.01 Å². The normalized spacial score (nSPS) is 19.6. The second-order valence-electron chi connectivity index (χ2n) is 7.46. The number of anilines is 2. The highest BCUT2D eigenvalue weighted by Crippen LogP contribution is 2.28. The molecule has 2 aliphatic rings. The van der Waals surface area contributed by atoms with Crippen molar-refractivity contribution in [2.45, 2.75) is 83.2 Å². The number of aromatic nitrogens is 3. The van der Waals surface area contributed by atoms with E-state index in [1.807, 2.05) is 6.92 Å². The quantitative estimate of drug-likeness (QED) is 0.780. The predicted octanol–water partition coefficient (Wildman–Crippen LogP) is 3.81. The second-order valence-corrected chi connectivity index (χ2v) is 7.46. The first-order chi connectivity index (χ1) is 12.2. The molecule has 0 N–H and O–H groups in total. The minimum absolute atomic E-state index is 0.452. The largest absolute Gasteiger partial charge is 0.464 e. The highest BCUT2D eigenvalue weighted by Gasteiger charge is 2.25. The standard InChI is InChI=1S/C19H33N5O/c1-4-25-19-21-17(23(2)15-11-7-5-8-12-15)20-18(22-19)24(3)16-13-9-6-10-14-16/h15-16H,4-14H2,1-3H3. The van der Waals surface area contributed by atoms with Crippen LogP contribution in [-0.2, 0) is 0 Å². The summed E-state index contributed by atoms with van der Waals surface area (Å²) in [4.78, 5) is 18.5. The average molecular weight is 348 g/mol. The molecule has 140 valence electrons. The maximum absolute atomic E-state index is 5.65. The van der Waals surface area contributed by atoms with Crippen LogP contribution in [-0.4, -0.2) is 47.7 Å². The molecule has 2 fully saturated rings. The number of hydrogen-bond donors (Lipinski definition) is 0. The lowest BCUT2D eigenvalue weighted by atomic mass is 9.94. The van der Waals surface area contributed by atoms with Crippen LogP contribution in [0.3, 0.4) is 0 Å². The van der Waals surface area contributed by atoms with Gasteiger partial charge in [-0.2, -0.15) is 15.0 Å². The van der Waals surface area contributed by atoms with Crippen LogP contribution in [0.15, 0.2) is 0 Å². The van der Waals surface area contributed by atoms with Gasteiger partial charge in [-0.25, -0.2) is 0 Å². The van der Waals surface area contributed by atoms with E-state index in [1.165, 1.54) is 64.2 Å². The van der Waals surface area contributed by atoms with Gasteiger partial charge >= 0.3 is 6.01 Å². The molecule has 0 bridgehead atoms. The zero-order valence-electron chi connectivity index (χ0n) is 16.1. The summed E-state index contributed by atoms with van der Waals surface area (Å²) in [5.74, 6) is 1.51. The molecule has 0 amide bonds. The summed E-state index contributed by atoms with van der Waals surface area (Å²) in [7, 11) is 4.23. The van der Waals surface area contributed by atoms with Gasteiger partial charge in [-0.15, -0.1) is 0 Å². The Balaban J connectivity index is 1.82. The highest BCUT2D eigenvalue weighted by molar-refractivity contribution is 5.41. The Kier molecular flexibility index (Phi) is 6.32. The van der Waals surface area contributed by atoms with Crippen LogP contribution >= 0.6 is 0 Å². The number of hydrogen-bond acceptors (Lipinski definition) is 6. The smallest absolute Gasteiger partial charge is 0.323 e. The topological polar surface area (TPSA) is 54.4 Å². The Morgan fingerprint density at radius 2 is 1.20 bits per heavy atom. The van der Waals surface area contributed by atoms with E-state index in [1.54, 1.807) is 0 Å². The Morgan fingerprint density at radius 3 is 1.60 bits per heavy atom. The molecule has 2 aliphatic carbocycles. The fourth-order valence-corrected chi connectivity index (χ4v) is 4.11. The SMILES string of the molecule is CCOc1nc(N(C)C2CCCCC2)nc(N(C)C2CCCCC2)n1. The molecule has 6 heteroatoms. The van der Waals surface area contributed by atoms with Crippen molar-refractivity contribution >= 4 is 11.9 Å². The molecule has 0 aliphatic heterocycles. The summed E-state index contributed by atoms with van der Waals surface area (Å²) >= 11 is 0. The molecule has 25 heavy (non-hydrogen) atoms. The molecule has 6 nitrogen and oxygen atoms in total. The van der Waals surface area contributed by atoms with Gasteiger partial charge in [0.05, 0.1) is 6.61 Å². The van der Waals surface area contributed by atoms with E-state index >= 15 is 0 Å². The summed E-state index contributed by atoms with van der Waals surface area (Å²) < 4.78 is 5.65. The molecule has 0 radical (unpaired) electrons. The van der Waals surface area contributed by atoms with E-state index in [9.17, 15) is 0 Å². The minimum atomic E-state index is 0.452. The number of rotatable bonds is 6. The van der Waals surface area contributed by atoms with Crippen molar-refractivity contribution in [2.24, 2.45) is 0 Å². The third kappa shape index (κ3) is 4.53. The van der Waals surface area contributed by atoms with Crippen LogP contribution in [0.2, 0.25) is 0 Å². The van der Waals surface area contributed by atoms with Crippen LogP contribution in [0.25, 0.3) is 0 Å². The predicted molar refractivity (Wildman–Crippen MR) is 102 cm³/mol. The Morgan fingerprint density at radius 1 is 0.760 bits per heavy atom. The van der Waals surface area contributed by atoms with Gasteiger partial charge in [0.25, 0.3) is 0 Å². The third-order valence-electron chi connectivity index (χ3n) is 5.74. The molecule has 1 aromatic rings.